The van der Waals surface area contributed by atoms with Crippen molar-refractivity contribution in [1.82, 2.24) is 14.9 Å². The highest BCUT2D eigenvalue weighted by atomic mass is 32.2. The van der Waals surface area contributed by atoms with E-state index >= 15 is 0 Å². The third kappa shape index (κ3) is 3.65. The van der Waals surface area contributed by atoms with E-state index in [9.17, 15) is 13.2 Å². The number of nitrogens with zero attached hydrogens (tertiary/aromatic N) is 1. The number of hydrogen-bond donors (Lipinski definition) is 3. The normalized spacial score (nSPS) is 11.2. The molecule has 2 aromatic rings. The molecule has 3 N–H and O–H groups in total. The smallest absolute Gasteiger partial charge is 0.243 e. The molecule has 0 radical (unpaired) electrons. The lowest BCUT2D eigenvalue weighted by Crippen LogP contribution is -2.22. The van der Waals surface area contributed by atoms with Crippen LogP contribution in [0, 0.1) is 0 Å². The lowest BCUT2D eigenvalue weighted by molar-refractivity contribution is -0.114. The molecule has 1 amide bonds. The van der Waals surface area contributed by atoms with E-state index in [1.807, 2.05) is 0 Å². The minimum absolute atomic E-state index is 0.0902. The first kappa shape index (κ1) is 14.2. The maximum Gasteiger partial charge on any atom is 0.243 e. The lowest BCUT2D eigenvalue weighted by atomic mass is 10.2. The van der Waals surface area contributed by atoms with Crippen LogP contribution in [-0.4, -0.2) is 24.5 Å². The third-order valence-electron chi connectivity index (χ3n) is 2.52. The lowest BCUT2D eigenvalue weighted by Gasteiger charge is -2.06. The van der Waals surface area contributed by atoms with Gasteiger partial charge in [0, 0.05) is 25.4 Å². The van der Waals surface area contributed by atoms with Crippen molar-refractivity contribution in [2.45, 2.75) is 18.4 Å². The molecule has 0 aliphatic carbocycles. The van der Waals surface area contributed by atoms with E-state index < -0.39 is 10.0 Å². The minimum Gasteiger partial charge on any atom is -0.326 e. The topological polar surface area (TPSA) is 104 Å². The van der Waals surface area contributed by atoms with Gasteiger partial charge in [-0.15, -0.1) is 0 Å². The Morgan fingerprint density at radius 3 is 2.55 bits per heavy atom. The highest BCUT2D eigenvalue weighted by Crippen LogP contribution is 2.11. The zero-order valence-corrected chi connectivity index (χ0v) is 11.6. The predicted octanol–water partition coefficient (Wildman–Crippen LogP) is 0.847. The molecule has 20 heavy (non-hydrogen) atoms. The van der Waals surface area contributed by atoms with Crippen LogP contribution in [0.3, 0.4) is 0 Å². The number of H-pyrrole nitrogens is 1. The van der Waals surface area contributed by atoms with E-state index in [1.165, 1.54) is 19.3 Å². The number of sulfonamides is 1. The first-order valence-corrected chi connectivity index (χ1v) is 7.31. The van der Waals surface area contributed by atoms with E-state index in [0.29, 0.717) is 5.69 Å². The number of amides is 1. The maximum absolute atomic E-state index is 11.9. The van der Waals surface area contributed by atoms with Gasteiger partial charge in [0.2, 0.25) is 15.9 Å². The van der Waals surface area contributed by atoms with Crippen molar-refractivity contribution >= 4 is 21.6 Å². The fourth-order valence-corrected chi connectivity index (χ4v) is 2.48. The highest BCUT2D eigenvalue weighted by molar-refractivity contribution is 7.89. The van der Waals surface area contributed by atoms with Crippen LogP contribution in [-0.2, 0) is 21.4 Å². The average molecular weight is 294 g/mol. The largest absolute Gasteiger partial charge is 0.326 e. The van der Waals surface area contributed by atoms with E-state index in [-0.39, 0.29) is 17.3 Å². The Hall–Kier alpha value is -2.19. The van der Waals surface area contributed by atoms with Crippen LogP contribution in [0.2, 0.25) is 0 Å². The summed E-state index contributed by atoms with van der Waals surface area (Å²) in [6.45, 7) is 1.58. The van der Waals surface area contributed by atoms with Crippen molar-refractivity contribution in [2.75, 3.05) is 5.32 Å². The molecule has 0 fully saturated rings. The van der Waals surface area contributed by atoms with Crippen LogP contribution >= 0.6 is 0 Å². The Morgan fingerprint density at radius 1 is 1.30 bits per heavy atom. The molecule has 0 aliphatic rings. The summed E-state index contributed by atoms with van der Waals surface area (Å²) in [5.41, 5.74) is 1.45. The van der Waals surface area contributed by atoms with Gasteiger partial charge in [-0.25, -0.2) is 13.1 Å². The Kier molecular flexibility index (Phi) is 4.16. The minimum atomic E-state index is -3.56. The maximum atomic E-state index is 11.9. The second-order valence-electron chi connectivity index (χ2n) is 4.14. The number of aromatic amines is 1. The van der Waals surface area contributed by atoms with Gasteiger partial charge >= 0.3 is 0 Å². The van der Waals surface area contributed by atoms with E-state index in [2.05, 4.69) is 20.2 Å². The average Bonchev–Trinajstić information content (AvgIpc) is 2.92. The summed E-state index contributed by atoms with van der Waals surface area (Å²) in [6, 6.07) is 6.90. The molecule has 0 aliphatic heterocycles. The van der Waals surface area contributed by atoms with Crippen LogP contribution in [0.4, 0.5) is 5.69 Å². The predicted molar refractivity (Wildman–Crippen MR) is 73.4 cm³/mol. The molecule has 0 saturated heterocycles. The fourth-order valence-electron chi connectivity index (χ4n) is 1.56. The van der Waals surface area contributed by atoms with Gasteiger partial charge in [0.1, 0.15) is 4.90 Å². The van der Waals surface area contributed by atoms with Gasteiger partial charge in [0.15, 0.2) is 0 Å². The number of rotatable bonds is 5. The molecule has 7 nitrogen and oxygen atoms in total. The molecule has 1 heterocycles. The van der Waals surface area contributed by atoms with Crippen molar-refractivity contribution in [2.24, 2.45) is 0 Å². The molecule has 1 aromatic carbocycles. The van der Waals surface area contributed by atoms with Gasteiger partial charge < -0.3 is 5.32 Å². The Labute approximate surface area is 116 Å². The van der Waals surface area contributed by atoms with Crippen molar-refractivity contribution in [3.8, 4) is 0 Å². The standard InChI is InChI=1S/C12H14N4O3S/c1-9(17)16-11-4-2-10(3-5-11)6-15-20(18,19)12-7-13-14-8-12/h2-5,7-8,15H,6H2,1H3,(H,13,14)(H,16,17). The summed E-state index contributed by atoms with van der Waals surface area (Å²) in [6.07, 6.45) is 2.55. The van der Waals surface area contributed by atoms with Gasteiger partial charge in [0.25, 0.3) is 0 Å². The van der Waals surface area contributed by atoms with E-state index in [1.54, 1.807) is 24.3 Å². The molecule has 106 valence electrons. The first-order valence-electron chi connectivity index (χ1n) is 5.82. The van der Waals surface area contributed by atoms with Crippen molar-refractivity contribution in [1.29, 1.82) is 0 Å². The Morgan fingerprint density at radius 2 is 2.00 bits per heavy atom. The van der Waals surface area contributed by atoms with Crippen LogP contribution < -0.4 is 10.0 Å². The monoisotopic (exact) mass is 294 g/mol. The van der Waals surface area contributed by atoms with Crippen LogP contribution in [0.25, 0.3) is 0 Å². The Bertz CT molecular complexity index is 678. The first-order chi connectivity index (χ1) is 9.47. The molecule has 8 heteroatoms. The van der Waals surface area contributed by atoms with Crippen molar-refractivity contribution in [3.05, 3.63) is 42.2 Å². The second-order valence-corrected chi connectivity index (χ2v) is 5.90. The van der Waals surface area contributed by atoms with Gasteiger partial charge in [-0.05, 0) is 17.7 Å². The van der Waals surface area contributed by atoms with Crippen molar-refractivity contribution < 1.29 is 13.2 Å². The summed E-state index contributed by atoms with van der Waals surface area (Å²) < 4.78 is 26.2. The molecule has 0 atom stereocenters. The number of aromatic nitrogens is 2. The Balaban J connectivity index is 1.99. The number of nitrogens with one attached hydrogen (secondary N) is 3. The number of anilines is 1. The van der Waals surface area contributed by atoms with Crippen LogP contribution in [0.15, 0.2) is 41.6 Å². The highest BCUT2D eigenvalue weighted by Gasteiger charge is 2.14. The molecule has 2 rings (SSSR count). The zero-order valence-electron chi connectivity index (χ0n) is 10.8. The number of carbonyl (C=O) groups excluding carboxylic acids is 1. The summed E-state index contributed by atoms with van der Waals surface area (Å²) in [4.78, 5) is 11.0. The zero-order chi connectivity index (χ0) is 14.6. The molecule has 0 saturated carbocycles. The summed E-state index contributed by atoms with van der Waals surface area (Å²) in [5.74, 6) is -0.154. The summed E-state index contributed by atoms with van der Waals surface area (Å²) >= 11 is 0. The number of hydrogen-bond acceptors (Lipinski definition) is 4. The SMILES string of the molecule is CC(=O)Nc1ccc(CNS(=O)(=O)c2cn[nH]c2)cc1. The van der Waals surface area contributed by atoms with E-state index in [0.717, 1.165) is 5.56 Å². The van der Waals surface area contributed by atoms with Gasteiger partial charge in [-0.2, -0.15) is 5.10 Å². The van der Waals surface area contributed by atoms with E-state index in [4.69, 9.17) is 0 Å². The van der Waals surface area contributed by atoms with Gasteiger partial charge in [0.05, 0.1) is 6.20 Å². The molecular formula is C12H14N4O3S. The second kappa shape index (κ2) is 5.85. The van der Waals surface area contributed by atoms with Gasteiger partial charge in [-0.1, -0.05) is 12.1 Å². The fraction of sp³-hybridized carbons (Fsp3) is 0.167. The molecule has 1 aromatic heterocycles. The van der Waals surface area contributed by atoms with Crippen molar-refractivity contribution in [3.63, 3.8) is 0 Å². The molecule has 0 unspecified atom stereocenters. The van der Waals surface area contributed by atoms with Crippen LogP contribution in [0.1, 0.15) is 12.5 Å². The summed E-state index contributed by atoms with van der Waals surface area (Å²) in [7, 11) is -3.56. The number of benzene rings is 1. The van der Waals surface area contributed by atoms with Gasteiger partial charge in [-0.3, -0.25) is 9.89 Å². The molecule has 0 spiro atoms. The summed E-state index contributed by atoms with van der Waals surface area (Å²) in [5, 5.41) is 8.69. The number of carbonyl (C=O) groups is 1. The third-order valence-corrected chi connectivity index (χ3v) is 3.89. The molecule has 0 bridgehead atoms. The molecular weight excluding hydrogens is 280 g/mol. The quantitative estimate of drug-likeness (QED) is 0.760. The van der Waals surface area contributed by atoms with Crippen LogP contribution in [0.5, 0.6) is 0 Å².